The molecule has 0 bridgehead atoms. The molecule has 0 spiro atoms. The molecule has 2 rings (SSSR count). The van der Waals surface area contributed by atoms with Crippen molar-refractivity contribution in [2.45, 2.75) is 11.8 Å². The SMILES string of the molecule is Cc1cccc(S(=O)(=O)Nc2ccc(Cl)c(C(=O)O)c2)c1. The van der Waals surface area contributed by atoms with E-state index >= 15 is 0 Å². The first-order valence-corrected chi connectivity index (χ1v) is 7.78. The lowest BCUT2D eigenvalue weighted by Gasteiger charge is -2.10. The monoisotopic (exact) mass is 325 g/mol. The third kappa shape index (κ3) is 3.53. The lowest BCUT2D eigenvalue weighted by atomic mass is 10.2. The Kier molecular flexibility index (Phi) is 4.20. The number of carboxylic acids is 1. The van der Waals surface area contributed by atoms with E-state index in [4.69, 9.17) is 16.7 Å². The van der Waals surface area contributed by atoms with Gasteiger partial charge in [0.25, 0.3) is 10.0 Å². The van der Waals surface area contributed by atoms with E-state index in [1.54, 1.807) is 19.1 Å². The normalized spacial score (nSPS) is 11.1. The standard InChI is InChI=1S/C14H12ClNO4S/c1-9-3-2-4-11(7-9)21(19,20)16-10-5-6-13(15)12(8-10)14(17)18/h2-8,16H,1H3,(H,17,18). The highest BCUT2D eigenvalue weighted by Crippen LogP contribution is 2.23. The average molecular weight is 326 g/mol. The molecule has 0 fully saturated rings. The number of carbonyl (C=O) groups is 1. The van der Waals surface area contributed by atoms with E-state index in [2.05, 4.69) is 4.72 Å². The zero-order valence-corrected chi connectivity index (χ0v) is 12.6. The molecule has 0 aliphatic carbocycles. The van der Waals surface area contributed by atoms with Crippen LogP contribution >= 0.6 is 11.6 Å². The summed E-state index contributed by atoms with van der Waals surface area (Å²) in [6, 6.07) is 10.3. The fourth-order valence-electron chi connectivity index (χ4n) is 1.75. The van der Waals surface area contributed by atoms with Crippen molar-refractivity contribution in [3.8, 4) is 0 Å². The summed E-state index contributed by atoms with van der Waals surface area (Å²) >= 11 is 5.74. The highest BCUT2D eigenvalue weighted by Gasteiger charge is 2.16. The van der Waals surface area contributed by atoms with Gasteiger partial charge >= 0.3 is 5.97 Å². The zero-order valence-electron chi connectivity index (χ0n) is 11.0. The molecule has 2 aromatic rings. The Morgan fingerprint density at radius 1 is 1.19 bits per heavy atom. The first kappa shape index (κ1) is 15.3. The molecule has 0 aliphatic rings. The van der Waals surface area contributed by atoms with E-state index in [0.717, 1.165) is 5.56 Å². The molecule has 21 heavy (non-hydrogen) atoms. The fourth-order valence-corrected chi connectivity index (χ4v) is 3.10. The van der Waals surface area contributed by atoms with Crippen LogP contribution in [0.5, 0.6) is 0 Å². The summed E-state index contributed by atoms with van der Waals surface area (Å²) in [5.74, 6) is -1.23. The summed E-state index contributed by atoms with van der Waals surface area (Å²) < 4.78 is 26.8. The quantitative estimate of drug-likeness (QED) is 0.904. The highest BCUT2D eigenvalue weighted by atomic mass is 35.5. The van der Waals surface area contributed by atoms with Gasteiger partial charge in [-0.15, -0.1) is 0 Å². The van der Waals surface area contributed by atoms with Crippen LogP contribution in [0.15, 0.2) is 47.4 Å². The second-order valence-corrected chi connectivity index (χ2v) is 6.51. The van der Waals surface area contributed by atoms with Gasteiger partial charge in [0.2, 0.25) is 0 Å². The van der Waals surface area contributed by atoms with E-state index in [9.17, 15) is 13.2 Å². The molecule has 0 aliphatic heterocycles. The van der Waals surface area contributed by atoms with Crippen LogP contribution in [0.1, 0.15) is 15.9 Å². The molecular weight excluding hydrogens is 314 g/mol. The average Bonchev–Trinajstić information content (AvgIpc) is 2.40. The van der Waals surface area contributed by atoms with Crippen LogP contribution in [0.3, 0.4) is 0 Å². The van der Waals surface area contributed by atoms with Gasteiger partial charge in [0.1, 0.15) is 0 Å². The van der Waals surface area contributed by atoms with Crippen LogP contribution in [-0.4, -0.2) is 19.5 Å². The lowest BCUT2D eigenvalue weighted by molar-refractivity contribution is 0.0697. The Balaban J connectivity index is 2.37. The molecule has 0 radical (unpaired) electrons. The molecule has 5 nitrogen and oxygen atoms in total. The molecular formula is C14H12ClNO4S. The number of rotatable bonds is 4. The molecule has 0 saturated carbocycles. The van der Waals surface area contributed by atoms with E-state index in [-0.39, 0.29) is 21.2 Å². The topological polar surface area (TPSA) is 83.5 Å². The maximum atomic E-state index is 12.2. The van der Waals surface area contributed by atoms with Crippen molar-refractivity contribution < 1.29 is 18.3 Å². The van der Waals surface area contributed by atoms with Gasteiger partial charge in [-0.3, -0.25) is 4.72 Å². The molecule has 0 heterocycles. The van der Waals surface area contributed by atoms with Crippen molar-refractivity contribution in [3.63, 3.8) is 0 Å². The number of carboxylic acid groups (broad SMARTS) is 1. The minimum Gasteiger partial charge on any atom is -0.478 e. The second-order valence-electron chi connectivity index (χ2n) is 4.42. The van der Waals surface area contributed by atoms with Gasteiger partial charge in [-0.25, -0.2) is 13.2 Å². The fraction of sp³-hybridized carbons (Fsp3) is 0.0714. The zero-order chi connectivity index (χ0) is 15.6. The summed E-state index contributed by atoms with van der Waals surface area (Å²) in [6.07, 6.45) is 0. The van der Waals surface area contributed by atoms with Gasteiger partial charge in [0, 0.05) is 5.69 Å². The van der Waals surface area contributed by atoms with Gasteiger partial charge < -0.3 is 5.11 Å². The Hall–Kier alpha value is -2.05. The number of sulfonamides is 1. The molecule has 2 aromatic carbocycles. The largest absolute Gasteiger partial charge is 0.478 e. The van der Waals surface area contributed by atoms with Crippen LogP contribution in [0, 0.1) is 6.92 Å². The van der Waals surface area contributed by atoms with Crippen molar-refractivity contribution in [1.29, 1.82) is 0 Å². The second kappa shape index (κ2) is 5.75. The van der Waals surface area contributed by atoms with Gasteiger partial charge in [-0.2, -0.15) is 0 Å². The first-order valence-electron chi connectivity index (χ1n) is 5.92. The van der Waals surface area contributed by atoms with E-state index < -0.39 is 16.0 Å². The number of halogens is 1. The highest BCUT2D eigenvalue weighted by molar-refractivity contribution is 7.92. The summed E-state index contributed by atoms with van der Waals surface area (Å²) in [6.45, 7) is 1.78. The maximum absolute atomic E-state index is 12.2. The van der Waals surface area contributed by atoms with Crippen molar-refractivity contribution in [2.24, 2.45) is 0 Å². The Bertz CT molecular complexity index is 802. The smallest absolute Gasteiger partial charge is 0.337 e. The summed E-state index contributed by atoms with van der Waals surface area (Å²) in [5, 5.41) is 9.02. The third-order valence-electron chi connectivity index (χ3n) is 2.75. The predicted molar refractivity (Wildman–Crippen MR) is 80.4 cm³/mol. The van der Waals surface area contributed by atoms with Crippen LogP contribution in [0.2, 0.25) is 5.02 Å². The molecule has 0 saturated heterocycles. The van der Waals surface area contributed by atoms with E-state index in [0.29, 0.717) is 0 Å². The van der Waals surface area contributed by atoms with E-state index in [1.165, 1.54) is 30.3 Å². The molecule has 0 atom stereocenters. The van der Waals surface area contributed by atoms with Gasteiger partial charge in [-0.05, 0) is 42.8 Å². The Morgan fingerprint density at radius 2 is 1.90 bits per heavy atom. The van der Waals surface area contributed by atoms with Gasteiger partial charge in [0.15, 0.2) is 0 Å². The Morgan fingerprint density at radius 3 is 2.52 bits per heavy atom. The lowest BCUT2D eigenvalue weighted by Crippen LogP contribution is -2.13. The van der Waals surface area contributed by atoms with Gasteiger partial charge in [-0.1, -0.05) is 23.7 Å². The number of hydrogen-bond donors (Lipinski definition) is 2. The predicted octanol–water partition coefficient (Wildman–Crippen LogP) is 3.15. The molecule has 110 valence electrons. The number of benzene rings is 2. The third-order valence-corrected chi connectivity index (χ3v) is 4.46. The van der Waals surface area contributed by atoms with Crippen LogP contribution in [0.25, 0.3) is 0 Å². The number of aromatic carboxylic acids is 1. The van der Waals surface area contributed by atoms with Gasteiger partial charge in [0.05, 0.1) is 15.5 Å². The number of anilines is 1. The molecule has 0 unspecified atom stereocenters. The van der Waals surface area contributed by atoms with Crippen molar-refractivity contribution in [2.75, 3.05) is 4.72 Å². The minimum absolute atomic E-state index is 0.0426. The van der Waals surface area contributed by atoms with Crippen molar-refractivity contribution in [3.05, 3.63) is 58.6 Å². The van der Waals surface area contributed by atoms with Crippen LogP contribution in [-0.2, 0) is 10.0 Å². The molecule has 2 N–H and O–H groups in total. The maximum Gasteiger partial charge on any atom is 0.337 e. The van der Waals surface area contributed by atoms with Crippen molar-refractivity contribution >= 4 is 33.3 Å². The number of nitrogens with one attached hydrogen (secondary N) is 1. The van der Waals surface area contributed by atoms with Crippen molar-refractivity contribution in [1.82, 2.24) is 0 Å². The number of hydrogen-bond acceptors (Lipinski definition) is 3. The van der Waals surface area contributed by atoms with Crippen LogP contribution < -0.4 is 4.72 Å². The summed E-state index contributed by atoms with van der Waals surface area (Å²) in [4.78, 5) is 11.1. The van der Waals surface area contributed by atoms with Crippen LogP contribution in [0.4, 0.5) is 5.69 Å². The number of aryl methyl sites for hydroxylation is 1. The molecule has 7 heteroatoms. The minimum atomic E-state index is -3.78. The molecule has 0 amide bonds. The Labute approximate surface area is 127 Å². The summed E-state index contributed by atoms with van der Waals surface area (Å²) in [7, 11) is -3.78. The first-order chi connectivity index (χ1) is 9.79. The van der Waals surface area contributed by atoms with E-state index in [1.807, 2.05) is 0 Å². The molecule has 0 aromatic heterocycles. The summed E-state index contributed by atoms with van der Waals surface area (Å²) in [5.41, 5.74) is 0.777.